The number of hydrogen-bond acceptors (Lipinski definition) is 4. The molecule has 0 aromatic heterocycles. The van der Waals surface area contributed by atoms with Crippen LogP contribution in [0.25, 0.3) is 0 Å². The highest BCUT2D eigenvalue weighted by atomic mass is 32.2. The highest BCUT2D eigenvalue weighted by Crippen LogP contribution is 2.21. The number of aryl methyl sites for hydroxylation is 1. The first-order valence-electron chi connectivity index (χ1n) is 8.91. The van der Waals surface area contributed by atoms with Crippen molar-refractivity contribution in [2.24, 2.45) is 5.92 Å². The maximum atomic E-state index is 12.9. The summed E-state index contributed by atoms with van der Waals surface area (Å²) in [5.41, 5.74) is 1.05. The van der Waals surface area contributed by atoms with Gasteiger partial charge in [0.2, 0.25) is 0 Å². The number of benzene rings is 1. The van der Waals surface area contributed by atoms with Crippen LogP contribution in [-0.4, -0.2) is 63.5 Å². The van der Waals surface area contributed by atoms with Crippen molar-refractivity contribution in [3.63, 3.8) is 0 Å². The standard InChI is InChI=1S/C18H30N2O4S/c1-4-19(12-13-24-18-10-6-5-8-16(18)2)25(21,22)20-11-7-9-17(14-20)15-23-3/h5-6,8,10,17H,4,7,9,11-15H2,1-3H3. The maximum absolute atomic E-state index is 12.9. The van der Waals surface area contributed by atoms with Crippen molar-refractivity contribution in [2.45, 2.75) is 26.7 Å². The molecule has 25 heavy (non-hydrogen) atoms. The summed E-state index contributed by atoms with van der Waals surface area (Å²) in [5.74, 6) is 1.07. The van der Waals surface area contributed by atoms with E-state index < -0.39 is 10.2 Å². The second kappa shape index (κ2) is 9.52. The Morgan fingerprint density at radius 1 is 1.32 bits per heavy atom. The molecule has 0 aliphatic carbocycles. The highest BCUT2D eigenvalue weighted by Gasteiger charge is 2.32. The Labute approximate surface area is 151 Å². The molecular weight excluding hydrogens is 340 g/mol. The zero-order valence-electron chi connectivity index (χ0n) is 15.5. The van der Waals surface area contributed by atoms with E-state index >= 15 is 0 Å². The molecule has 1 heterocycles. The molecule has 1 aliphatic heterocycles. The van der Waals surface area contributed by atoms with Gasteiger partial charge in [0.15, 0.2) is 0 Å². The van der Waals surface area contributed by atoms with Crippen molar-refractivity contribution in [3.05, 3.63) is 29.8 Å². The summed E-state index contributed by atoms with van der Waals surface area (Å²) in [6.45, 7) is 6.68. The fourth-order valence-corrected chi connectivity index (χ4v) is 4.90. The zero-order valence-corrected chi connectivity index (χ0v) is 16.3. The van der Waals surface area contributed by atoms with Crippen LogP contribution in [0.15, 0.2) is 24.3 Å². The topological polar surface area (TPSA) is 59.1 Å². The van der Waals surface area contributed by atoms with Crippen molar-refractivity contribution in [2.75, 3.05) is 46.5 Å². The lowest BCUT2D eigenvalue weighted by Gasteiger charge is -2.35. The first kappa shape index (κ1) is 20.2. The molecule has 0 amide bonds. The molecule has 6 nitrogen and oxygen atoms in total. The van der Waals surface area contributed by atoms with E-state index in [4.69, 9.17) is 9.47 Å². The number of methoxy groups -OCH3 is 1. The van der Waals surface area contributed by atoms with Gasteiger partial charge in [-0.2, -0.15) is 17.0 Å². The lowest BCUT2D eigenvalue weighted by atomic mass is 10.0. The lowest BCUT2D eigenvalue weighted by Crippen LogP contribution is -2.49. The van der Waals surface area contributed by atoms with E-state index in [1.807, 2.05) is 38.1 Å². The molecule has 7 heteroatoms. The number of para-hydroxylation sites is 1. The fraction of sp³-hybridized carbons (Fsp3) is 0.667. The lowest BCUT2D eigenvalue weighted by molar-refractivity contribution is 0.116. The van der Waals surface area contributed by atoms with Crippen LogP contribution in [-0.2, 0) is 14.9 Å². The maximum Gasteiger partial charge on any atom is 0.282 e. The van der Waals surface area contributed by atoms with Gasteiger partial charge < -0.3 is 9.47 Å². The summed E-state index contributed by atoms with van der Waals surface area (Å²) in [7, 11) is -1.80. The second-order valence-corrected chi connectivity index (χ2v) is 8.36. The Hall–Kier alpha value is -1.15. The van der Waals surface area contributed by atoms with Crippen LogP contribution >= 0.6 is 0 Å². The minimum atomic E-state index is -3.46. The number of hydrogen-bond donors (Lipinski definition) is 0. The first-order valence-corrected chi connectivity index (χ1v) is 10.3. The van der Waals surface area contributed by atoms with Crippen LogP contribution in [0.1, 0.15) is 25.3 Å². The van der Waals surface area contributed by atoms with E-state index in [1.165, 1.54) is 4.31 Å². The Balaban J connectivity index is 1.94. The SMILES string of the molecule is CCN(CCOc1ccccc1C)S(=O)(=O)N1CCCC(COC)C1. The molecule has 1 aromatic rings. The minimum Gasteiger partial charge on any atom is -0.492 e. The van der Waals surface area contributed by atoms with E-state index in [-0.39, 0.29) is 5.92 Å². The van der Waals surface area contributed by atoms with Gasteiger partial charge in [-0.05, 0) is 37.3 Å². The second-order valence-electron chi connectivity index (χ2n) is 6.44. The molecule has 1 aliphatic rings. The monoisotopic (exact) mass is 370 g/mol. The Bertz CT molecular complexity index is 634. The van der Waals surface area contributed by atoms with E-state index in [0.717, 1.165) is 24.2 Å². The molecule has 2 rings (SSSR count). The Morgan fingerprint density at radius 2 is 2.08 bits per heavy atom. The average Bonchev–Trinajstić information content (AvgIpc) is 2.60. The van der Waals surface area contributed by atoms with Crippen LogP contribution in [0, 0.1) is 12.8 Å². The van der Waals surface area contributed by atoms with Gasteiger partial charge in [0.1, 0.15) is 12.4 Å². The van der Waals surface area contributed by atoms with Crippen LogP contribution in [0.5, 0.6) is 5.75 Å². The van der Waals surface area contributed by atoms with E-state index in [0.29, 0.717) is 39.4 Å². The number of nitrogens with zero attached hydrogens (tertiary/aromatic N) is 2. The summed E-state index contributed by atoms with van der Waals surface area (Å²) in [6.07, 6.45) is 1.90. The predicted octanol–water partition coefficient (Wildman–Crippen LogP) is 2.30. The number of piperidine rings is 1. The molecule has 0 saturated carbocycles. The first-order chi connectivity index (χ1) is 12.0. The van der Waals surface area contributed by atoms with Crippen molar-refractivity contribution < 1.29 is 17.9 Å². The van der Waals surface area contributed by atoms with Crippen molar-refractivity contribution in [1.82, 2.24) is 8.61 Å². The van der Waals surface area contributed by atoms with Crippen molar-refractivity contribution >= 4 is 10.2 Å². The number of likely N-dealkylation sites (N-methyl/N-ethyl adjacent to an activating group) is 1. The smallest absolute Gasteiger partial charge is 0.282 e. The molecule has 0 bridgehead atoms. The third kappa shape index (κ3) is 5.41. The van der Waals surface area contributed by atoms with E-state index in [9.17, 15) is 8.42 Å². The largest absolute Gasteiger partial charge is 0.492 e. The minimum absolute atomic E-state index is 0.274. The highest BCUT2D eigenvalue weighted by molar-refractivity contribution is 7.86. The third-order valence-corrected chi connectivity index (χ3v) is 6.66. The predicted molar refractivity (Wildman–Crippen MR) is 99.0 cm³/mol. The summed E-state index contributed by atoms with van der Waals surface area (Å²) < 4.78 is 39.9. The molecule has 0 radical (unpaired) electrons. The van der Waals surface area contributed by atoms with Gasteiger partial charge in [-0.3, -0.25) is 0 Å². The Kier molecular flexibility index (Phi) is 7.68. The number of ether oxygens (including phenoxy) is 2. The van der Waals surface area contributed by atoms with Gasteiger partial charge in [0.05, 0.1) is 6.61 Å². The summed E-state index contributed by atoms with van der Waals surface area (Å²) in [4.78, 5) is 0. The molecule has 1 atom stereocenters. The van der Waals surface area contributed by atoms with Gasteiger partial charge in [-0.1, -0.05) is 25.1 Å². The number of rotatable bonds is 9. The third-order valence-electron chi connectivity index (χ3n) is 4.58. The zero-order chi connectivity index (χ0) is 18.3. The van der Waals surface area contributed by atoms with Crippen LogP contribution in [0.4, 0.5) is 0 Å². The van der Waals surface area contributed by atoms with Gasteiger partial charge >= 0.3 is 0 Å². The normalized spacial score (nSPS) is 19.3. The van der Waals surface area contributed by atoms with Gasteiger partial charge in [0, 0.05) is 33.3 Å². The molecule has 0 spiro atoms. The molecular formula is C18H30N2O4S. The molecule has 142 valence electrons. The van der Waals surface area contributed by atoms with E-state index in [1.54, 1.807) is 11.4 Å². The average molecular weight is 371 g/mol. The van der Waals surface area contributed by atoms with Crippen LogP contribution in [0.2, 0.25) is 0 Å². The van der Waals surface area contributed by atoms with Crippen molar-refractivity contribution in [3.8, 4) is 5.75 Å². The molecule has 1 saturated heterocycles. The van der Waals surface area contributed by atoms with Crippen molar-refractivity contribution in [1.29, 1.82) is 0 Å². The molecule has 1 fully saturated rings. The van der Waals surface area contributed by atoms with E-state index in [2.05, 4.69) is 0 Å². The Morgan fingerprint density at radius 3 is 2.76 bits per heavy atom. The van der Waals surface area contributed by atoms with Gasteiger partial charge in [-0.15, -0.1) is 0 Å². The van der Waals surface area contributed by atoms with Gasteiger partial charge in [0.25, 0.3) is 10.2 Å². The molecule has 1 unspecified atom stereocenters. The molecule has 1 aromatic carbocycles. The summed E-state index contributed by atoms with van der Waals surface area (Å²) >= 11 is 0. The quantitative estimate of drug-likeness (QED) is 0.669. The fourth-order valence-electron chi connectivity index (χ4n) is 3.18. The molecule has 0 N–H and O–H groups in total. The van der Waals surface area contributed by atoms with Gasteiger partial charge in [-0.25, -0.2) is 0 Å². The van der Waals surface area contributed by atoms with Crippen LogP contribution in [0.3, 0.4) is 0 Å². The van der Waals surface area contributed by atoms with Crippen LogP contribution < -0.4 is 4.74 Å². The summed E-state index contributed by atoms with van der Waals surface area (Å²) in [5, 5.41) is 0. The summed E-state index contributed by atoms with van der Waals surface area (Å²) in [6, 6.07) is 7.76.